The number of fused-ring (bicyclic) bond motifs is 2. The maximum Gasteiger partial charge on any atom is 0.274 e. The van der Waals surface area contributed by atoms with Crippen LogP contribution in [0, 0.1) is 0 Å². The second-order valence-corrected chi connectivity index (χ2v) is 6.84. The van der Waals surface area contributed by atoms with Crippen LogP contribution >= 0.6 is 0 Å². The molecule has 0 bridgehead atoms. The highest BCUT2D eigenvalue weighted by molar-refractivity contribution is 5.98. The number of nitrogens with one attached hydrogen (secondary N) is 1. The number of carbonyl (C=O) groups excluding carboxylic acids is 1. The van der Waals surface area contributed by atoms with Crippen molar-refractivity contribution in [2.45, 2.75) is 37.3 Å². The third-order valence-corrected chi connectivity index (χ3v) is 5.29. The number of nitrogens with zero attached hydrogens (tertiary/aromatic N) is 3. The van der Waals surface area contributed by atoms with Gasteiger partial charge in [0, 0.05) is 36.8 Å². The van der Waals surface area contributed by atoms with E-state index in [1.54, 1.807) is 29.2 Å². The molecule has 2 aromatic heterocycles. The standard InChI is InChI=1S/C19H18N4O2/c24-18(16-17-21-9-11-23(17)10-8-20-16)22-14-12-19(6-3-7-19)25-15-5-2-1-4-13(14)15/h1-2,4-5,8-11,14H,3,6-7,12H2,(H,22,24)/t14-/m0/s1. The smallest absolute Gasteiger partial charge is 0.274 e. The molecule has 3 aromatic rings. The summed E-state index contributed by atoms with van der Waals surface area (Å²) in [5.74, 6) is 0.679. The minimum absolute atomic E-state index is 0.0743. The first kappa shape index (κ1) is 14.5. The molecule has 1 amide bonds. The molecular weight excluding hydrogens is 316 g/mol. The zero-order valence-corrected chi connectivity index (χ0v) is 13.7. The van der Waals surface area contributed by atoms with Crippen LogP contribution in [0.2, 0.25) is 0 Å². The number of hydrogen-bond donors (Lipinski definition) is 1. The van der Waals surface area contributed by atoms with Crippen molar-refractivity contribution in [1.29, 1.82) is 0 Å². The van der Waals surface area contributed by atoms with E-state index in [1.165, 1.54) is 6.42 Å². The maximum atomic E-state index is 12.9. The van der Waals surface area contributed by atoms with E-state index in [1.807, 2.05) is 24.3 Å². The number of ether oxygens (including phenoxy) is 1. The predicted octanol–water partition coefficient (Wildman–Crippen LogP) is 2.91. The predicted molar refractivity (Wildman–Crippen MR) is 91.5 cm³/mol. The maximum absolute atomic E-state index is 12.9. The summed E-state index contributed by atoms with van der Waals surface area (Å²) >= 11 is 0. The Hall–Kier alpha value is -2.89. The van der Waals surface area contributed by atoms with Crippen LogP contribution < -0.4 is 10.1 Å². The Morgan fingerprint density at radius 1 is 1.20 bits per heavy atom. The van der Waals surface area contributed by atoms with Crippen LogP contribution in [-0.2, 0) is 0 Å². The van der Waals surface area contributed by atoms with Gasteiger partial charge in [-0.05, 0) is 25.3 Å². The zero-order valence-electron chi connectivity index (χ0n) is 13.7. The molecule has 1 saturated carbocycles. The Balaban J connectivity index is 1.48. The summed E-state index contributed by atoms with van der Waals surface area (Å²) in [5.41, 5.74) is 1.82. The van der Waals surface area contributed by atoms with Gasteiger partial charge in [0.05, 0.1) is 6.04 Å². The number of benzene rings is 1. The first-order chi connectivity index (χ1) is 12.2. The van der Waals surface area contributed by atoms with E-state index in [9.17, 15) is 4.79 Å². The number of hydrogen-bond acceptors (Lipinski definition) is 4. The Bertz CT molecular complexity index is 961. The van der Waals surface area contributed by atoms with Crippen LogP contribution in [0.5, 0.6) is 5.75 Å². The molecule has 1 atom stereocenters. The molecule has 126 valence electrons. The van der Waals surface area contributed by atoms with E-state index in [-0.39, 0.29) is 17.6 Å². The van der Waals surface area contributed by atoms with Crippen molar-refractivity contribution in [3.8, 4) is 5.75 Å². The van der Waals surface area contributed by atoms with Crippen LogP contribution in [0.3, 0.4) is 0 Å². The largest absolute Gasteiger partial charge is 0.487 e. The lowest BCUT2D eigenvalue weighted by Crippen LogP contribution is -2.49. The summed E-state index contributed by atoms with van der Waals surface area (Å²) in [5, 5.41) is 3.16. The van der Waals surface area contributed by atoms with Gasteiger partial charge in [0.25, 0.3) is 5.91 Å². The second kappa shape index (κ2) is 5.31. The third kappa shape index (κ3) is 2.28. The van der Waals surface area contributed by atoms with Crippen molar-refractivity contribution in [1.82, 2.24) is 19.7 Å². The van der Waals surface area contributed by atoms with E-state index >= 15 is 0 Å². The van der Waals surface area contributed by atoms with Crippen molar-refractivity contribution in [2.75, 3.05) is 0 Å². The number of aromatic nitrogens is 3. The van der Waals surface area contributed by atoms with E-state index < -0.39 is 0 Å². The number of imidazole rings is 1. The molecule has 2 aliphatic rings. The van der Waals surface area contributed by atoms with Crippen LogP contribution in [0.4, 0.5) is 0 Å². The van der Waals surface area contributed by atoms with Crippen LogP contribution in [-0.4, -0.2) is 25.9 Å². The molecule has 1 fully saturated rings. The highest BCUT2D eigenvalue weighted by Crippen LogP contribution is 2.48. The first-order valence-electron chi connectivity index (χ1n) is 8.61. The van der Waals surface area contributed by atoms with Crippen molar-refractivity contribution in [2.24, 2.45) is 0 Å². The normalized spacial score (nSPS) is 20.6. The summed E-state index contributed by atoms with van der Waals surface area (Å²) in [4.78, 5) is 21.4. The van der Waals surface area contributed by atoms with E-state index in [0.717, 1.165) is 30.6 Å². The van der Waals surface area contributed by atoms with Gasteiger partial charge in [0.15, 0.2) is 11.3 Å². The Morgan fingerprint density at radius 3 is 2.80 bits per heavy atom. The monoisotopic (exact) mass is 334 g/mol. The van der Waals surface area contributed by atoms with Gasteiger partial charge in [-0.1, -0.05) is 18.2 Å². The molecule has 1 aliphatic heterocycles. The van der Waals surface area contributed by atoms with Crippen LogP contribution in [0.15, 0.2) is 49.1 Å². The van der Waals surface area contributed by atoms with Crippen molar-refractivity contribution >= 4 is 11.6 Å². The van der Waals surface area contributed by atoms with Gasteiger partial charge in [-0.2, -0.15) is 0 Å². The van der Waals surface area contributed by atoms with E-state index in [2.05, 4.69) is 15.3 Å². The average molecular weight is 334 g/mol. The summed E-state index contributed by atoms with van der Waals surface area (Å²) in [6.07, 6.45) is 10.9. The number of para-hydroxylation sites is 1. The minimum Gasteiger partial charge on any atom is -0.487 e. The molecule has 25 heavy (non-hydrogen) atoms. The zero-order chi connectivity index (χ0) is 16.9. The first-order valence-corrected chi connectivity index (χ1v) is 8.61. The lowest BCUT2D eigenvalue weighted by molar-refractivity contribution is -0.0360. The van der Waals surface area contributed by atoms with Gasteiger partial charge in [0.2, 0.25) is 0 Å². The fraction of sp³-hybridized carbons (Fsp3) is 0.316. The molecule has 6 heteroatoms. The number of rotatable bonds is 2. The van der Waals surface area contributed by atoms with Gasteiger partial charge in [-0.15, -0.1) is 0 Å². The summed E-state index contributed by atoms with van der Waals surface area (Å²) in [6, 6.07) is 7.89. The minimum atomic E-state index is -0.201. The van der Waals surface area contributed by atoms with E-state index in [0.29, 0.717) is 11.3 Å². The van der Waals surface area contributed by atoms with Gasteiger partial charge < -0.3 is 14.5 Å². The third-order valence-electron chi connectivity index (χ3n) is 5.29. The number of carbonyl (C=O) groups is 1. The van der Waals surface area contributed by atoms with Gasteiger partial charge in [-0.3, -0.25) is 4.79 Å². The Labute approximate surface area is 144 Å². The molecule has 1 N–H and O–H groups in total. The lowest BCUT2D eigenvalue weighted by atomic mass is 9.73. The van der Waals surface area contributed by atoms with Crippen molar-refractivity contribution < 1.29 is 9.53 Å². The fourth-order valence-electron chi connectivity index (χ4n) is 3.87. The SMILES string of the molecule is O=C(N[C@H]1CC2(CCC2)Oc2ccccc21)c1nccn2ccnc12. The van der Waals surface area contributed by atoms with Crippen molar-refractivity contribution in [3.05, 3.63) is 60.3 Å². The second-order valence-electron chi connectivity index (χ2n) is 6.84. The number of amides is 1. The molecule has 3 heterocycles. The lowest BCUT2D eigenvalue weighted by Gasteiger charge is -2.48. The topological polar surface area (TPSA) is 68.5 Å². The fourth-order valence-corrected chi connectivity index (χ4v) is 3.87. The molecular formula is C19H18N4O2. The molecule has 1 aromatic carbocycles. The van der Waals surface area contributed by atoms with Crippen molar-refractivity contribution in [3.63, 3.8) is 0 Å². The summed E-state index contributed by atoms with van der Waals surface area (Å²) < 4.78 is 8.05. The van der Waals surface area contributed by atoms with Gasteiger partial charge in [0.1, 0.15) is 11.4 Å². The Morgan fingerprint density at radius 2 is 2.00 bits per heavy atom. The summed E-state index contributed by atoms with van der Waals surface area (Å²) in [6.45, 7) is 0. The van der Waals surface area contributed by atoms with Crippen LogP contribution in [0.25, 0.3) is 5.65 Å². The van der Waals surface area contributed by atoms with Crippen LogP contribution in [0.1, 0.15) is 47.8 Å². The molecule has 0 radical (unpaired) electrons. The molecule has 1 aliphatic carbocycles. The Kier molecular flexibility index (Phi) is 3.07. The molecule has 6 nitrogen and oxygen atoms in total. The average Bonchev–Trinajstić information content (AvgIpc) is 3.08. The highest BCUT2D eigenvalue weighted by atomic mass is 16.5. The van der Waals surface area contributed by atoms with Gasteiger partial charge in [-0.25, -0.2) is 9.97 Å². The molecule has 0 unspecified atom stereocenters. The van der Waals surface area contributed by atoms with E-state index in [4.69, 9.17) is 4.74 Å². The molecule has 5 rings (SSSR count). The summed E-state index contributed by atoms with van der Waals surface area (Å²) in [7, 11) is 0. The van der Waals surface area contributed by atoms with Gasteiger partial charge >= 0.3 is 0 Å². The highest BCUT2D eigenvalue weighted by Gasteiger charge is 2.45. The quantitative estimate of drug-likeness (QED) is 0.782. The molecule has 1 spiro atoms. The molecule has 0 saturated heterocycles.